The lowest BCUT2D eigenvalue weighted by molar-refractivity contribution is 0.428. The summed E-state index contributed by atoms with van der Waals surface area (Å²) in [4.78, 5) is 0. The fraction of sp³-hybridized carbons (Fsp3) is 0.357. The highest BCUT2D eigenvalue weighted by Crippen LogP contribution is 2.46. The second-order valence-electron chi connectivity index (χ2n) is 4.90. The lowest BCUT2D eigenvalue weighted by Crippen LogP contribution is -1.92. The van der Waals surface area contributed by atoms with Gasteiger partial charge in [-0.1, -0.05) is 28.9 Å². The molecule has 88 valence electrons. The molecule has 0 aliphatic heterocycles. The van der Waals surface area contributed by atoms with E-state index < -0.39 is 0 Å². The number of benzene rings is 1. The summed E-state index contributed by atoms with van der Waals surface area (Å²) in [6, 6.07) is 6.39. The van der Waals surface area contributed by atoms with Gasteiger partial charge in [0.1, 0.15) is 0 Å². The molecule has 0 bridgehead atoms. The van der Waals surface area contributed by atoms with Crippen molar-refractivity contribution in [3.63, 3.8) is 0 Å². The van der Waals surface area contributed by atoms with E-state index in [-0.39, 0.29) is 0 Å². The number of hydrogen-bond acceptors (Lipinski definition) is 3. The van der Waals surface area contributed by atoms with Crippen molar-refractivity contribution in [2.45, 2.75) is 32.6 Å². The fourth-order valence-electron chi connectivity index (χ4n) is 2.23. The summed E-state index contributed by atoms with van der Waals surface area (Å²) in [5.41, 5.74) is 11.6. The van der Waals surface area contributed by atoms with Gasteiger partial charge in [0, 0.05) is 5.92 Å². The molecule has 1 aliphatic rings. The molecule has 0 radical (unpaired) electrons. The van der Waals surface area contributed by atoms with Gasteiger partial charge < -0.3 is 10.3 Å². The molecule has 2 N–H and O–H groups in total. The summed E-state index contributed by atoms with van der Waals surface area (Å²) >= 11 is 0. The first-order valence-electron chi connectivity index (χ1n) is 5.99. The summed E-state index contributed by atoms with van der Waals surface area (Å²) in [7, 11) is 0. The molecule has 2 aromatic rings. The highest BCUT2D eigenvalue weighted by atomic mass is 16.5. The maximum Gasteiger partial charge on any atom is 0.230 e. The third-order valence-electron chi connectivity index (χ3n) is 3.37. The minimum absolute atomic E-state index is 0.445. The molecular weight excluding hydrogens is 212 g/mol. The molecule has 1 heterocycles. The third kappa shape index (κ3) is 1.71. The molecule has 0 saturated heterocycles. The number of anilines is 1. The van der Waals surface area contributed by atoms with Gasteiger partial charge in [0.2, 0.25) is 5.88 Å². The van der Waals surface area contributed by atoms with E-state index in [0.29, 0.717) is 11.8 Å². The van der Waals surface area contributed by atoms with Crippen LogP contribution in [0.15, 0.2) is 22.7 Å². The molecule has 3 rings (SSSR count). The van der Waals surface area contributed by atoms with Crippen LogP contribution < -0.4 is 5.73 Å². The molecule has 0 unspecified atom stereocenters. The van der Waals surface area contributed by atoms with Crippen LogP contribution in [0.5, 0.6) is 0 Å². The molecule has 1 aromatic carbocycles. The monoisotopic (exact) mass is 228 g/mol. The van der Waals surface area contributed by atoms with Crippen molar-refractivity contribution in [1.29, 1.82) is 0 Å². The van der Waals surface area contributed by atoms with Crippen molar-refractivity contribution in [3.8, 4) is 11.1 Å². The summed E-state index contributed by atoms with van der Waals surface area (Å²) in [5.74, 6) is 0.992. The molecule has 0 atom stereocenters. The number of aryl methyl sites for hydroxylation is 2. The average Bonchev–Trinajstić information content (AvgIpc) is 3.07. The lowest BCUT2D eigenvalue weighted by atomic mass is 9.97. The highest BCUT2D eigenvalue weighted by Gasteiger charge is 2.32. The van der Waals surface area contributed by atoms with Crippen molar-refractivity contribution < 1.29 is 4.52 Å². The van der Waals surface area contributed by atoms with Crippen molar-refractivity contribution in [2.75, 3.05) is 5.73 Å². The molecule has 0 amide bonds. The first kappa shape index (κ1) is 10.4. The van der Waals surface area contributed by atoms with Crippen LogP contribution in [0, 0.1) is 13.8 Å². The Morgan fingerprint density at radius 2 is 2.06 bits per heavy atom. The van der Waals surface area contributed by atoms with Crippen molar-refractivity contribution in [2.24, 2.45) is 0 Å². The molecule has 1 fully saturated rings. The van der Waals surface area contributed by atoms with E-state index in [1.165, 1.54) is 24.0 Å². The van der Waals surface area contributed by atoms with Gasteiger partial charge in [0.05, 0.1) is 11.3 Å². The zero-order chi connectivity index (χ0) is 12.0. The zero-order valence-electron chi connectivity index (χ0n) is 10.2. The van der Waals surface area contributed by atoms with Crippen LogP contribution in [-0.4, -0.2) is 5.16 Å². The number of rotatable bonds is 2. The van der Waals surface area contributed by atoms with Gasteiger partial charge in [-0.3, -0.25) is 0 Å². The minimum atomic E-state index is 0.445. The second-order valence-corrected chi connectivity index (χ2v) is 4.90. The number of nitrogens with zero attached hydrogens (tertiary/aromatic N) is 1. The summed E-state index contributed by atoms with van der Waals surface area (Å²) < 4.78 is 5.17. The molecule has 3 heteroatoms. The van der Waals surface area contributed by atoms with Crippen LogP contribution in [0.2, 0.25) is 0 Å². The first-order valence-corrected chi connectivity index (χ1v) is 5.99. The third-order valence-corrected chi connectivity index (χ3v) is 3.37. The Bertz CT molecular complexity index is 568. The molecular formula is C14H16N2O. The van der Waals surface area contributed by atoms with Crippen LogP contribution >= 0.6 is 0 Å². The summed E-state index contributed by atoms with van der Waals surface area (Å²) in [5, 5.41) is 4.12. The predicted molar refractivity (Wildman–Crippen MR) is 67.8 cm³/mol. The minimum Gasteiger partial charge on any atom is -0.367 e. The van der Waals surface area contributed by atoms with E-state index in [4.69, 9.17) is 10.3 Å². The highest BCUT2D eigenvalue weighted by molar-refractivity contribution is 5.78. The van der Waals surface area contributed by atoms with E-state index in [9.17, 15) is 0 Å². The van der Waals surface area contributed by atoms with E-state index in [1.54, 1.807) is 0 Å². The summed E-state index contributed by atoms with van der Waals surface area (Å²) in [6.07, 6.45) is 2.40. The topological polar surface area (TPSA) is 52.0 Å². The Morgan fingerprint density at radius 1 is 1.29 bits per heavy atom. The van der Waals surface area contributed by atoms with Gasteiger partial charge in [-0.25, -0.2) is 0 Å². The molecule has 3 nitrogen and oxygen atoms in total. The maximum absolute atomic E-state index is 5.93. The Labute approximate surface area is 101 Å². The largest absolute Gasteiger partial charge is 0.367 e. The van der Waals surface area contributed by atoms with Crippen LogP contribution in [0.3, 0.4) is 0 Å². The zero-order valence-corrected chi connectivity index (χ0v) is 10.2. The standard InChI is InChI=1S/C14H16N2O/c1-8-3-4-9(2)11(7-8)12-13(10-5-6-10)16-17-14(12)15/h3-4,7,10H,5-6,15H2,1-2H3. The fourth-order valence-corrected chi connectivity index (χ4v) is 2.23. The van der Waals surface area contributed by atoms with Crippen molar-refractivity contribution >= 4 is 5.88 Å². The van der Waals surface area contributed by atoms with Crippen LogP contribution in [-0.2, 0) is 0 Å². The number of aromatic nitrogens is 1. The lowest BCUT2D eigenvalue weighted by Gasteiger charge is -2.07. The van der Waals surface area contributed by atoms with E-state index in [2.05, 4.69) is 37.2 Å². The van der Waals surface area contributed by atoms with Crippen LogP contribution in [0.4, 0.5) is 5.88 Å². The Balaban J connectivity index is 2.19. The molecule has 17 heavy (non-hydrogen) atoms. The predicted octanol–water partition coefficient (Wildman–Crippen LogP) is 3.42. The van der Waals surface area contributed by atoms with Gasteiger partial charge in [0.25, 0.3) is 0 Å². The van der Waals surface area contributed by atoms with Gasteiger partial charge in [0.15, 0.2) is 0 Å². The van der Waals surface area contributed by atoms with E-state index in [1.807, 2.05) is 0 Å². The summed E-state index contributed by atoms with van der Waals surface area (Å²) in [6.45, 7) is 4.18. The number of nitrogen functional groups attached to an aromatic ring is 1. The SMILES string of the molecule is Cc1ccc(C)c(-c2c(C3CC3)noc2N)c1. The first-order chi connectivity index (χ1) is 8.16. The van der Waals surface area contributed by atoms with Crippen molar-refractivity contribution in [3.05, 3.63) is 35.0 Å². The van der Waals surface area contributed by atoms with E-state index in [0.717, 1.165) is 16.8 Å². The van der Waals surface area contributed by atoms with Gasteiger partial charge in [-0.05, 0) is 37.8 Å². The maximum atomic E-state index is 5.93. The number of nitrogens with two attached hydrogens (primary N) is 1. The van der Waals surface area contributed by atoms with Crippen LogP contribution in [0.1, 0.15) is 35.6 Å². The Kier molecular flexibility index (Phi) is 2.21. The molecule has 1 saturated carbocycles. The second kappa shape index (κ2) is 3.62. The van der Waals surface area contributed by atoms with Crippen LogP contribution in [0.25, 0.3) is 11.1 Å². The van der Waals surface area contributed by atoms with Crippen molar-refractivity contribution in [1.82, 2.24) is 5.16 Å². The normalized spacial score (nSPS) is 15.2. The smallest absolute Gasteiger partial charge is 0.230 e. The van der Waals surface area contributed by atoms with Gasteiger partial charge >= 0.3 is 0 Å². The Morgan fingerprint density at radius 3 is 2.76 bits per heavy atom. The van der Waals surface area contributed by atoms with Gasteiger partial charge in [-0.2, -0.15) is 0 Å². The van der Waals surface area contributed by atoms with Gasteiger partial charge in [-0.15, -0.1) is 0 Å². The number of hydrogen-bond donors (Lipinski definition) is 1. The molecule has 1 aromatic heterocycles. The Hall–Kier alpha value is -1.77. The van der Waals surface area contributed by atoms with E-state index >= 15 is 0 Å². The molecule has 0 spiro atoms. The molecule has 1 aliphatic carbocycles. The quantitative estimate of drug-likeness (QED) is 0.856. The average molecular weight is 228 g/mol.